The van der Waals surface area contributed by atoms with Crippen LogP contribution in [0.3, 0.4) is 0 Å². The van der Waals surface area contributed by atoms with Gasteiger partial charge in [-0.1, -0.05) is 20.3 Å². The third-order valence-corrected chi connectivity index (χ3v) is 4.56. The van der Waals surface area contributed by atoms with Crippen molar-refractivity contribution < 1.29 is 9.53 Å². The van der Waals surface area contributed by atoms with Gasteiger partial charge in [0.1, 0.15) is 5.60 Å². The number of nitrogens with two attached hydrogens (primary N) is 1. The Morgan fingerprint density at radius 2 is 1.86 bits per heavy atom. The van der Waals surface area contributed by atoms with Crippen LogP contribution < -0.4 is 16.4 Å². The van der Waals surface area contributed by atoms with Crippen LogP contribution in [0.25, 0.3) is 0 Å². The molecule has 2 unspecified atom stereocenters. The highest BCUT2D eigenvalue weighted by molar-refractivity contribution is 5.68. The molecule has 0 bridgehead atoms. The molecule has 22 heavy (non-hydrogen) atoms. The molecular weight excluding hydrogens is 278 g/mol. The Morgan fingerprint density at radius 3 is 2.36 bits per heavy atom. The van der Waals surface area contributed by atoms with Gasteiger partial charge in [0.25, 0.3) is 0 Å². The lowest BCUT2D eigenvalue weighted by atomic mass is 9.89. The minimum absolute atomic E-state index is 0.260. The van der Waals surface area contributed by atoms with E-state index in [0.29, 0.717) is 12.1 Å². The predicted octanol–water partition coefficient (Wildman–Crippen LogP) is 2.93. The second kappa shape index (κ2) is 8.16. The maximum atomic E-state index is 12.1. The average molecular weight is 313 g/mol. The van der Waals surface area contributed by atoms with Gasteiger partial charge >= 0.3 is 6.09 Å². The predicted molar refractivity (Wildman–Crippen MR) is 90.9 cm³/mol. The standard InChI is InChI=1S/C17H35N3O2/c1-6-17(7-2,20-15(21)22-16(3,4)5)12-19-14-10-8-9-13(18)11-14/h13-14,19H,6-12,18H2,1-5H3,(H,20,21). The third kappa shape index (κ3) is 6.53. The van der Waals surface area contributed by atoms with Crippen molar-refractivity contribution in [3.8, 4) is 0 Å². The van der Waals surface area contributed by atoms with E-state index in [2.05, 4.69) is 24.5 Å². The van der Waals surface area contributed by atoms with E-state index in [0.717, 1.165) is 32.2 Å². The van der Waals surface area contributed by atoms with E-state index < -0.39 is 5.60 Å². The molecule has 0 spiro atoms. The highest BCUT2D eigenvalue weighted by Gasteiger charge is 2.31. The zero-order valence-corrected chi connectivity index (χ0v) is 15.0. The first-order valence-corrected chi connectivity index (χ1v) is 8.70. The molecule has 130 valence electrons. The SMILES string of the molecule is CCC(CC)(CNC1CCCC(N)C1)NC(=O)OC(C)(C)C. The van der Waals surface area contributed by atoms with Crippen molar-refractivity contribution in [1.82, 2.24) is 10.6 Å². The van der Waals surface area contributed by atoms with Crippen LogP contribution >= 0.6 is 0 Å². The second-order valence-electron chi connectivity index (χ2n) is 7.62. The summed E-state index contributed by atoms with van der Waals surface area (Å²) in [4.78, 5) is 12.1. The van der Waals surface area contributed by atoms with Gasteiger partial charge in [0, 0.05) is 18.6 Å². The first-order chi connectivity index (χ1) is 10.2. The Balaban J connectivity index is 2.56. The molecule has 4 N–H and O–H groups in total. The molecule has 0 aromatic heterocycles. The van der Waals surface area contributed by atoms with E-state index in [1.54, 1.807) is 0 Å². The summed E-state index contributed by atoms with van der Waals surface area (Å²) < 4.78 is 5.41. The van der Waals surface area contributed by atoms with Crippen molar-refractivity contribution in [3.05, 3.63) is 0 Å². The summed E-state index contributed by atoms with van der Waals surface area (Å²) in [5, 5.41) is 6.70. The fourth-order valence-electron chi connectivity index (χ4n) is 2.99. The Morgan fingerprint density at radius 1 is 1.23 bits per heavy atom. The summed E-state index contributed by atoms with van der Waals surface area (Å²) >= 11 is 0. The molecular formula is C17H35N3O2. The molecule has 0 saturated heterocycles. The summed E-state index contributed by atoms with van der Waals surface area (Å²) in [5.74, 6) is 0. The normalized spacial score (nSPS) is 23.2. The van der Waals surface area contributed by atoms with Crippen LogP contribution in [0.2, 0.25) is 0 Å². The second-order valence-corrected chi connectivity index (χ2v) is 7.62. The Labute approximate surface area is 135 Å². The number of carbonyl (C=O) groups is 1. The number of amides is 1. The molecule has 0 aliphatic heterocycles. The molecule has 0 heterocycles. The summed E-state index contributed by atoms with van der Waals surface area (Å²) in [6.07, 6.45) is 5.91. The van der Waals surface area contributed by atoms with Crippen molar-refractivity contribution in [2.75, 3.05) is 6.54 Å². The smallest absolute Gasteiger partial charge is 0.408 e. The molecule has 1 saturated carbocycles. The molecule has 5 nitrogen and oxygen atoms in total. The van der Waals surface area contributed by atoms with Crippen molar-refractivity contribution >= 4 is 6.09 Å². The molecule has 1 aliphatic carbocycles. The number of hydrogen-bond acceptors (Lipinski definition) is 4. The monoisotopic (exact) mass is 313 g/mol. The largest absolute Gasteiger partial charge is 0.444 e. The van der Waals surface area contributed by atoms with Crippen LogP contribution in [-0.2, 0) is 4.74 Å². The first kappa shape index (κ1) is 19.2. The number of nitrogens with one attached hydrogen (secondary N) is 2. The van der Waals surface area contributed by atoms with Gasteiger partial charge in [-0.3, -0.25) is 0 Å². The third-order valence-electron chi connectivity index (χ3n) is 4.56. The van der Waals surface area contributed by atoms with E-state index in [-0.39, 0.29) is 11.6 Å². The lowest BCUT2D eigenvalue weighted by Gasteiger charge is -2.37. The van der Waals surface area contributed by atoms with Gasteiger partial charge in [-0.05, 0) is 52.9 Å². The van der Waals surface area contributed by atoms with Crippen LogP contribution in [0.4, 0.5) is 4.79 Å². The molecule has 0 radical (unpaired) electrons. The van der Waals surface area contributed by atoms with Crippen LogP contribution in [0.5, 0.6) is 0 Å². The minimum Gasteiger partial charge on any atom is -0.444 e. The van der Waals surface area contributed by atoms with Crippen molar-refractivity contribution in [2.45, 2.75) is 96.4 Å². The maximum absolute atomic E-state index is 12.1. The highest BCUT2D eigenvalue weighted by Crippen LogP contribution is 2.20. The van der Waals surface area contributed by atoms with Gasteiger partial charge in [0.05, 0.1) is 5.54 Å². The topological polar surface area (TPSA) is 76.4 Å². The number of rotatable bonds is 6. The van der Waals surface area contributed by atoms with E-state index in [1.165, 1.54) is 12.8 Å². The van der Waals surface area contributed by atoms with Gasteiger partial charge in [0.15, 0.2) is 0 Å². The summed E-state index contributed by atoms with van der Waals surface area (Å²) in [6.45, 7) is 10.6. The van der Waals surface area contributed by atoms with Crippen molar-refractivity contribution in [3.63, 3.8) is 0 Å². The van der Waals surface area contributed by atoms with Crippen LogP contribution in [-0.4, -0.2) is 35.9 Å². The molecule has 2 atom stereocenters. The molecule has 1 fully saturated rings. The van der Waals surface area contributed by atoms with Gasteiger partial charge in [-0.15, -0.1) is 0 Å². The van der Waals surface area contributed by atoms with Crippen LogP contribution in [0, 0.1) is 0 Å². The summed E-state index contributed by atoms with van der Waals surface area (Å²) in [7, 11) is 0. The Bertz CT molecular complexity index is 348. The van der Waals surface area contributed by atoms with E-state index in [4.69, 9.17) is 10.5 Å². The molecule has 1 amide bonds. The summed E-state index contributed by atoms with van der Waals surface area (Å²) in [6, 6.07) is 0.768. The Hall–Kier alpha value is -0.810. The average Bonchev–Trinajstić information content (AvgIpc) is 2.41. The first-order valence-electron chi connectivity index (χ1n) is 8.70. The number of carbonyl (C=O) groups excluding carboxylic acids is 1. The van der Waals surface area contributed by atoms with Gasteiger partial charge in [-0.25, -0.2) is 4.79 Å². The minimum atomic E-state index is -0.471. The highest BCUT2D eigenvalue weighted by atomic mass is 16.6. The molecule has 1 aliphatic rings. The molecule has 5 heteroatoms. The van der Waals surface area contributed by atoms with E-state index in [1.807, 2.05) is 20.8 Å². The molecule has 0 aromatic carbocycles. The maximum Gasteiger partial charge on any atom is 0.408 e. The molecule has 0 aromatic rings. The number of hydrogen-bond donors (Lipinski definition) is 3. The number of alkyl carbamates (subject to hydrolysis) is 1. The van der Waals surface area contributed by atoms with Gasteiger partial charge < -0.3 is 21.1 Å². The van der Waals surface area contributed by atoms with Crippen LogP contribution in [0.15, 0.2) is 0 Å². The summed E-state index contributed by atoms with van der Waals surface area (Å²) in [5.41, 5.74) is 5.32. The number of ether oxygens (including phenoxy) is 1. The lowest BCUT2D eigenvalue weighted by molar-refractivity contribution is 0.0442. The van der Waals surface area contributed by atoms with Crippen molar-refractivity contribution in [2.24, 2.45) is 5.73 Å². The van der Waals surface area contributed by atoms with Crippen LogP contribution in [0.1, 0.15) is 73.1 Å². The van der Waals surface area contributed by atoms with E-state index in [9.17, 15) is 4.79 Å². The molecule has 1 rings (SSSR count). The zero-order chi connectivity index (χ0) is 16.8. The van der Waals surface area contributed by atoms with Gasteiger partial charge in [0.2, 0.25) is 0 Å². The van der Waals surface area contributed by atoms with Crippen molar-refractivity contribution in [1.29, 1.82) is 0 Å². The Kier molecular flexibility index (Phi) is 7.13. The van der Waals surface area contributed by atoms with E-state index >= 15 is 0 Å². The quantitative estimate of drug-likeness (QED) is 0.704. The fraction of sp³-hybridized carbons (Fsp3) is 0.941. The fourth-order valence-corrected chi connectivity index (χ4v) is 2.99. The van der Waals surface area contributed by atoms with Gasteiger partial charge in [-0.2, -0.15) is 0 Å². The zero-order valence-electron chi connectivity index (χ0n) is 15.0. The lowest BCUT2D eigenvalue weighted by Crippen LogP contribution is -2.57.